The highest BCUT2D eigenvalue weighted by Gasteiger charge is 2.21. The Morgan fingerprint density at radius 3 is 1.92 bits per heavy atom. The lowest BCUT2D eigenvalue weighted by Crippen LogP contribution is -2.34. The second-order valence-corrected chi connectivity index (χ2v) is 6.17. The fourth-order valence-electron chi connectivity index (χ4n) is 3.04. The summed E-state index contributed by atoms with van der Waals surface area (Å²) >= 11 is 0. The number of para-hydroxylation sites is 1. The van der Waals surface area contributed by atoms with E-state index in [9.17, 15) is 9.18 Å². The van der Waals surface area contributed by atoms with E-state index in [2.05, 4.69) is 5.32 Å². The summed E-state index contributed by atoms with van der Waals surface area (Å²) < 4.78 is 13.7. The fraction of sp³-hybridized carbons (Fsp3) is 0.136. The summed E-state index contributed by atoms with van der Waals surface area (Å²) in [6, 6.07) is 26.2. The first-order chi connectivity index (χ1) is 12.6. The van der Waals surface area contributed by atoms with Crippen molar-refractivity contribution in [2.45, 2.75) is 6.04 Å². The number of anilines is 1. The first-order valence-electron chi connectivity index (χ1n) is 8.49. The van der Waals surface area contributed by atoms with E-state index in [1.54, 1.807) is 18.2 Å². The lowest BCUT2D eigenvalue weighted by atomic mass is 9.97. The zero-order valence-corrected chi connectivity index (χ0v) is 14.6. The van der Waals surface area contributed by atoms with Gasteiger partial charge in [-0.3, -0.25) is 9.69 Å². The van der Waals surface area contributed by atoms with Crippen LogP contribution in [0.4, 0.5) is 10.1 Å². The van der Waals surface area contributed by atoms with Crippen LogP contribution in [0.3, 0.4) is 0 Å². The van der Waals surface area contributed by atoms with Gasteiger partial charge in [0.15, 0.2) is 0 Å². The highest BCUT2D eigenvalue weighted by molar-refractivity contribution is 5.92. The van der Waals surface area contributed by atoms with Gasteiger partial charge in [-0.15, -0.1) is 0 Å². The lowest BCUT2D eigenvalue weighted by molar-refractivity contribution is -0.117. The number of halogens is 1. The Hall–Kier alpha value is -2.98. The van der Waals surface area contributed by atoms with Crippen LogP contribution in [0.1, 0.15) is 17.2 Å². The highest BCUT2D eigenvalue weighted by atomic mass is 19.1. The van der Waals surface area contributed by atoms with Crippen molar-refractivity contribution in [2.24, 2.45) is 0 Å². The number of amides is 1. The minimum atomic E-state index is -0.439. The normalized spacial score (nSPS) is 10.9. The Labute approximate surface area is 153 Å². The van der Waals surface area contributed by atoms with Gasteiger partial charge in [0, 0.05) is 0 Å². The number of benzene rings is 3. The van der Waals surface area contributed by atoms with Gasteiger partial charge in [0.05, 0.1) is 18.3 Å². The SMILES string of the molecule is CN(CC(=O)Nc1ccccc1F)C(c1ccccc1)c1ccccc1. The third-order valence-electron chi connectivity index (χ3n) is 4.21. The minimum absolute atomic E-state index is 0.0660. The summed E-state index contributed by atoms with van der Waals surface area (Å²) in [5, 5.41) is 2.64. The quantitative estimate of drug-likeness (QED) is 0.712. The van der Waals surface area contributed by atoms with Gasteiger partial charge >= 0.3 is 0 Å². The Kier molecular flexibility index (Phi) is 5.77. The first kappa shape index (κ1) is 17.8. The van der Waals surface area contributed by atoms with Gasteiger partial charge < -0.3 is 5.32 Å². The second kappa shape index (κ2) is 8.41. The van der Waals surface area contributed by atoms with Crippen molar-refractivity contribution in [1.82, 2.24) is 4.90 Å². The maximum atomic E-state index is 13.7. The van der Waals surface area contributed by atoms with Gasteiger partial charge in [0.1, 0.15) is 5.82 Å². The van der Waals surface area contributed by atoms with Crippen molar-refractivity contribution in [3.05, 3.63) is 102 Å². The topological polar surface area (TPSA) is 32.3 Å². The van der Waals surface area contributed by atoms with Crippen LogP contribution in [0, 0.1) is 5.82 Å². The van der Waals surface area contributed by atoms with Gasteiger partial charge in [-0.1, -0.05) is 72.8 Å². The molecule has 0 atom stereocenters. The number of carbonyl (C=O) groups is 1. The Morgan fingerprint density at radius 2 is 1.38 bits per heavy atom. The van der Waals surface area contributed by atoms with Gasteiger partial charge in [-0.2, -0.15) is 0 Å². The molecule has 0 aromatic heterocycles. The van der Waals surface area contributed by atoms with E-state index in [1.807, 2.05) is 72.6 Å². The molecule has 0 heterocycles. The first-order valence-corrected chi connectivity index (χ1v) is 8.49. The van der Waals surface area contributed by atoms with Crippen molar-refractivity contribution in [1.29, 1.82) is 0 Å². The summed E-state index contributed by atoms with van der Waals surface area (Å²) in [5.74, 6) is -0.694. The standard InChI is InChI=1S/C22H21FN2O/c1-25(16-21(26)24-20-15-9-8-14-19(20)23)22(17-10-4-2-5-11-17)18-12-6-3-7-13-18/h2-15,22H,16H2,1H3,(H,24,26). The predicted octanol–water partition coefficient (Wildman–Crippen LogP) is 4.49. The fourth-order valence-corrected chi connectivity index (χ4v) is 3.04. The number of nitrogens with one attached hydrogen (secondary N) is 1. The highest BCUT2D eigenvalue weighted by Crippen LogP contribution is 2.27. The predicted molar refractivity (Wildman–Crippen MR) is 102 cm³/mol. The molecule has 132 valence electrons. The minimum Gasteiger partial charge on any atom is -0.322 e. The summed E-state index contributed by atoms with van der Waals surface area (Å²) in [5.41, 5.74) is 2.39. The molecule has 0 bridgehead atoms. The second-order valence-electron chi connectivity index (χ2n) is 6.17. The molecule has 0 aliphatic rings. The summed E-state index contributed by atoms with van der Waals surface area (Å²) in [7, 11) is 1.89. The monoisotopic (exact) mass is 348 g/mol. The van der Waals surface area contributed by atoms with E-state index in [-0.39, 0.29) is 24.2 Å². The van der Waals surface area contributed by atoms with Crippen LogP contribution in [0.15, 0.2) is 84.9 Å². The van der Waals surface area contributed by atoms with Crippen LogP contribution in [-0.2, 0) is 4.79 Å². The number of nitrogens with zero attached hydrogens (tertiary/aromatic N) is 1. The summed E-state index contributed by atoms with van der Waals surface area (Å²) in [6.07, 6.45) is 0. The lowest BCUT2D eigenvalue weighted by Gasteiger charge is -2.28. The average Bonchev–Trinajstić information content (AvgIpc) is 2.65. The molecule has 1 N–H and O–H groups in total. The van der Waals surface area contributed by atoms with Crippen molar-refractivity contribution in [3.8, 4) is 0 Å². The van der Waals surface area contributed by atoms with Gasteiger partial charge in [-0.05, 0) is 30.3 Å². The maximum Gasteiger partial charge on any atom is 0.238 e. The van der Waals surface area contributed by atoms with Crippen LogP contribution in [0.25, 0.3) is 0 Å². The molecule has 26 heavy (non-hydrogen) atoms. The van der Waals surface area contributed by atoms with Gasteiger partial charge in [0.2, 0.25) is 5.91 Å². The van der Waals surface area contributed by atoms with Crippen LogP contribution < -0.4 is 5.32 Å². The van der Waals surface area contributed by atoms with Crippen molar-refractivity contribution >= 4 is 11.6 Å². The molecule has 0 unspecified atom stereocenters. The molecular formula is C22H21FN2O. The Balaban J connectivity index is 1.79. The third-order valence-corrected chi connectivity index (χ3v) is 4.21. The molecule has 0 aliphatic carbocycles. The summed E-state index contributed by atoms with van der Waals surface area (Å²) in [4.78, 5) is 14.4. The molecule has 0 radical (unpaired) electrons. The molecule has 3 nitrogen and oxygen atoms in total. The van der Waals surface area contributed by atoms with Crippen LogP contribution in [0.2, 0.25) is 0 Å². The van der Waals surface area contributed by atoms with Gasteiger partial charge in [0.25, 0.3) is 0 Å². The zero-order chi connectivity index (χ0) is 18.4. The molecule has 4 heteroatoms. The van der Waals surface area contributed by atoms with Crippen molar-refractivity contribution < 1.29 is 9.18 Å². The zero-order valence-electron chi connectivity index (χ0n) is 14.6. The molecule has 0 saturated heterocycles. The molecule has 0 spiro atoms. The average molecular weight is 348 g/mol. The van der Waals surface area contributed by atoms with E-state index in [0.717, 1.165) is 11.1 Å². The van der Waals surface area contributed by atoms with E-state index >= 15 is 0 Å². The van der Waals surface area contributed by atoms with Crippen LogP contribution in [0.5, 0.6) is 0 Å². The molecule has 0 aliphatic heterocycles. The molecular weight excluding hydrogens is 327 g/mol. The maximum absolute atomic E-state index is 13.7. The largest absolute Gasteiger partial charge is 0.322 e. The molecule has 3 aromatic rings. The van der Waals surface area contributed by atoms with E-state index in [0.29, 0.717) is 0 Å². The van der Waals surface area contributed by atoms with E-state index < -0.39 is 5.82 Å². The van der Waals surface area contributed by atoms with Crippen molar-refractivity contribution in [3.63, 3.8) is 0 Å². The number of hydrogen-bond donors (Lipinski definition) is 1. The molecule has 0 saturated carbocycles. The molecule has 0 fully saturated rings. The smallest absolute Gasteiger partial charge is 0.238 e. The number of carbonyl (C=O) groups excluding carboxylic acids is 1. The number of hydrogen-bond acceptors (Lipinski definition) is 2. The Bertz CT molecular complexity index is 813. The van der Waals surface area contributed by atoms with Crippen LogP contribution >= 0.6 is 0 Å². The van der Waals surface area contributed by atoms with Crippen LogP contribution in [-0.4, -0.2) is 24.4 Å². The van der Waals surface area contributed by atoms with Crippen molar-refractivity contribution in [2.75, 3.05) is 18.9 Å². The van der Waals surface area contributed by atoms with E-state index in [1.165, 1.54) is 6.07 Å². The molecule has 3 rings (SSSR count). The number of likely N-dealkylation sites (N-methyl/N-ethyl adjacent to an activating group) is 1. The number of rotatable bonds is 6. The summed E-state index contributed by atoms with van der Waals surface area (Å²) in [6.45, 7) is 0.142. The van der Waals surface area contributed by atoms with E-state index in [4.69, 9.17) is 0 Å². The molecule has 1 amide bonds. The third kappa shape index (κ3) is 4.35. The molecule has 3 aromatic carbocycles. The Morgan fingerprint density at radius 1 is 0.885 bits per heavy atom. The van der Waals surface area contributed by atoms with Gasteiger partial charge in [-0.25, -0.2) is 4.39 Å².